The van der Waals surface area contributed by atoms with Gasteiger partial charge in [-0.15, -0.1) is 0 Å². The second-order valence-electron chi connectivity index (χ2n) is 5.97. The summed E-state index contributed by atoms with van der Waals surface area (Å²) in [6, 6.07) is 15.6. The normalized spacial score (nSPS) is 11.9. The summed E-state index contributed by atoms with van der Waals surface area (Å²) in [7, 11) is 0. The molecule has 2 heterocycles. The van der Waals surface area contributed by atoms with Crippen molar-refractivity contribution in [3.8, 4) is 5.69 Å². The summed E-state index contributed by atoms with van der Waals surface area (Å²) >= 11 is 0. The zero-order valence-corrected chi connectivity index (χ0v) is 14.3. The van der Waals surface area contributed by atoms with Gasteiger partial charge < -0.3 is 5.32 Å². The highest BCUT2D eigenvalue weighted by Crippen LogP contribution is 2.21. The molecule has 5 heteroatoms. The molecule has 2 aromatic heterocycles. The van der Waals surface area contributed by atoms with Gasteiger partial charge in [0.1, 0.15) is 0 Å². The van der Waals surface area contributed by atoms with Crippen LogP contribution in [0.4, 0.5) is 0 Å². The summed E-state index contributed by atoms with van der Waals surface area (Å²) in [5.74, 6) is 0.0544. The number of rotatable bonds is 7. The third-order valence-electron chi connectivity index (χ3n) is 4.09. The number of aryl methyl sites for hydroxylation is 1. The van der Waals surface area contributed by atoms with Gasteiger partial charge in [0.15, 0.2) is 0 Å². The molecule has 3 aromatic rings. The number of hydrogen-bond acceptors (Lipinski definition) is 3. The van der Waals surface area contributed by atoms with Gasteiger partial charge in [0.05, 0.1) is 11.7 Å². The summed E-state index contributed by atoms with van der Waals surface area (Å²) < 4.78 is 1.82. The van der Waals surface area contributed by atoms with E-state index in [2.05, 4.69) is 15.4 Å². The van der Waals surface area contributed by atoms with E-state index in [-0.39, 0.29) is 11.9 Å². The molecule has 25 heavy (non-hydrogen) atoms. The molecule has 1 unspecified atom stereocenters. The summed E-state index contributed by atoms with van der Waals surface area (Å²) in [5.41, 5.74) is 3.05. The van der Waals surface area contributed by atoms with Crippen LogP contribution in [0.3, 0.4) is 0 Å². The van der Waals surface area contributed by atoms with Crippen LogP contribution < -0.4 is 5.32 Å². The number of nitrogens with one attached hydrogen (secondary N) is 1. The molecule has 5 nitrogen and oxygen atoms in total. The Balaban J connectivity index is 1.57. The van der Waals surface area contributed by atoms with E-state index in [4.69, 9.17) is 0 Å². The van der Waals surface area contributed by atoms with Crippen molar-refractivity contribution in [2.24, 2.45) is 0 Å². The van der Waals surface area contributed by atoms with E-state index in [0.717, 1.165) is 29.8 Å². The fourth-order valence-corrected chi connectivity index (χ4v) is 2.84. The molecule has 0 aliphatic rings. The second-order valence-corrected chi connectivity index (χ2v) is 5.97. The number of benzene rings is 1. The van der Waals surface area contributed by atoms with Gasteiger partial charge in [-0.25, -0.2) is 4.68 Å². The van der Waals surface area contributed by atoms with Crippen molar-refractivity contribution < 1.29 is 4.79 Å². The molecule has 128 valence electrons. The molecule has 0 fully saturated rings. The summed E-state index contributed by atoms with van der Waals surface area (Å²) in [6.07, 6.45) is 7.52. The van der Waals surface area contributed by atoms with Crippen molar-refractivity contribution in [1.29, 1.82) is 0 Å². The first kappa shape index (κ1) is 16.9. The quantitative estimate of drug-likeness (QED) is 0.720. The molecule has 0 bridgehead atoms. The fourth-order valence-electron chi connectivity index (χ4n) is 2.84. The van der Waals surface area contributed by atoms with E-state index in [0.29, 0.717) is 6.42 Å². The molecule has 1 aromatic carbocycles. The lowest BCUT2D eigenvalue weighted by Crippen LogP contribution is -2.27. The minimum atomic E-state index is -0.0808. The van der Waals surface area contributed by atoms with Crippen LogP contribution in [0.2, 0.25) is 0 Å². The Morgan fingerprint density at radius 3 is 2.72 bits per heavy atom. The van der Waals surface area contributed by atoms with Crippen LogP contribution in [0.25, 0.3) is 5.69 Å². The number of nitrogens with zero attached hydrogens (tertiary/aromatic N) is 3. The molecule has 1 N–H and O–H groups in total. The van der Waals surface area contributed by atoms with Crippen molar-refractivity contribution in [3.05, 3.63) is 78.4 Å². The Hall–Kier alpha value is -2.95. The lowest BCUT2D eigenvalue weighted by molar-refractivity contribution is -0.121. The molecule has 1 amide bonds. The van der Waals surface area contributed by atoms with Gasteiger partial charge in [-0.1, -0.05) is 24.3 Å². The zero-order valence-electron chi connectivity index (χ0n) is 14.3. The molecule has 3 rings (SSSR count). The smallest absolute Gasteiger partial charge is 0.220 e. The van der Waals surface area contributed by atoms with Crippen LogP contribution in [0, 0.1) is 0 Å². The largest absolute Gasteiger partial charge is 0.350 e. The van der Waals surface area contributed by atoms with Crippen molar-refractivity contribution in [2.75, 3.05) is 0 Å². The topological polar surface area (TPSA) is 59.8 Å². The van der Waals surface area contributed by atoms with Crippen LogP contribution in [0.1, 0.15) is 37.1 Å². The third kappa shape index (κ3) is 4.53. The van der Waals surface area contributed by atoms with E-state index < -0.39 is 0 Å². The van der Waals surface area contributed by atoms with Crippen molar-refractivity contribution in [1.82, 2.24) is 20.1 Å². The average Bonchev–Trinajstić information content (AvgIpc) is 3.17. The van der Waals surface area contributed by atoms with E-state index in [1.54, 1.807) is 12.4 Å². The third-order valence-corrected chi connectivity index (χ3v) is 4.09. The molecule has 0 aliphatic heterocycles. The van der Waals surface area contributed by atoms with Crippen LogP contribution in [0.5, 0.6) is 0 Å². The molecule has 1 atom stereocenters. The van der Waals surface area contributed by atoms with Gasteiger partial charge >= 0.3 is 0 Å². The Kier molecular flexibility index (Phi) is 5.57. The lowest BCUT2D eigenvalue weighted by atomic mass is 10.1. The van der Waals surface area contributed by atoms with Crippen LogP contribution >= 0.6 is 0 Å². The minimum Gasteiger partial charge on any atom is -0.350 e. The van der Waals surface area contributed by atoms with Crippen LogP contribution in [0.15, 0.2) is 67.1 Å². The molecule has 0 saturated carbocycles. The highest BCUT2D eigenvalue weighted by Gasteiger charge is 2.14. The Morgan fingerprint density at radius 1 is 1.12 bits per heavy atom. The first-order valence-electron chi connectivity index (χ1n) is 8.52. The van der Waals surface area contributed by atoms with E-state index in [1.807, 2.05) is 66.3 Å². The molecule has 0 aliphatic carbocycles. The number of aromatic nitrogens is 3. The molecule has 0 radical (unpaired) electrons. The maximum Gasteiger partial charge on any atom is 0.220 e. The van der Waals surface area contributed by atoms with E-state index in [1.165, 1.54) is 0 Å². The lowest BCUT2D eigenvalue weighted by Gasteiger charge is -2.18. The first-order valence-corrected chi connectivity index (χ1v) is 8.52. The number of pyridine rings is 1. The maximum atomic E-state index is 12.3. The van der Waals surface area contributed by atoms with Gasteiger partial charge in [-0.05, 0) is 49.6 Å². The standard InChI is InChI=1S/C20H22N4O/c1-16(18-10-2-3-11-19(18)24-15-7-14-22-24)23-20(25)12-6-9-17-8-4-5-13-21-17/h2-5,7-8,10-11,13-16H,6,9,12H2,1H3,(H,23,25). The summed E-state index contributed by atoms with van der Waals surface area (Å²) in [6.45, 7) is 2.00. The maximum absolute atomic E-state index is 12.3. The van der Waals surface area contributed by atoms with E-state index >= 15 is 0 Å². The van der Waals surface area contributed by atoms with Crippen LogP contribution in [-0.4, -0.2) is 20.7 Å². The van der Waals surface area contributed by atoms with Gasteiger partial charge in [0, 0.05) is 30.7 Å². The monoisotopic (exact) mass is 334 g/mol. The minimum absolute atomic E-state index is 0.0544. The van der Waals surface area contributed by atoms with E-state index in [9.17, 15) is 4.79 Å². The number of carbonyl (C=O) groups excluding carboxylic acids is 1. The summed E-state index contributed by atoms with van der Waals surface area (Å²) in [4.78, 5) is 16.5. The Labute approximate surface area is 147 Å². The SMILES string of the molecule is CC(NC(=O)CCCc1ccccn1)c1ccccc1-n1cccn1. The molecule has 0 spiro atoms. The zero-order chi connectivity index (χ0) is 17.5. The van der Waals surface area contributed by atoms with Gasteiger partial charge in [0.2, 0.25) is 5.91 Å². The predicted octanol–water partition coefficient (Wildman–Crippen LogP) is 3.47. The van der Waals surface area contributed by atoms with Gasteiger partial charge in [0.25, 0.3) is 0 Å². The van der Waals surface area contributed by atoms with Crippen molar-refractivity contribution in [3.63, 3.8) is 0 Å². The van der Waals surface area contributed by atoms with Crippen molar-refractivity contribution in [2.45, 2.75) is 32.2 Å². The number of carbonyl (C=O) groups is 1. The van der Waals surface area contributed by atoms with Gasteiger partial charge in [-0.3, -0.25) is 9.78 Å². The molecule has 0 saturated heterocycles. The fraction of sp³-hybridized carbons (Fsp3) is 0.250. The predicted molar refractivity (Wildman–Crippen MR) is 97.3 cm³/mol. The second kappa shape index (κ2) is 8.24. The highest BCUT2D eigenvalue weighted by atomic mass is 16.1. The van der Waals surface area contributed by atoms with Crippen LogP contribution in [-0.2, 0) is 11.2 Å². The highest BCUT2D eigenvalue weighted by molar-refractivity contribution is 5.76. The number of amides is 1. The Bertz CT molecular complexity index is 800. The van der Waals surface area contributed by atoms with Gasteiger partial charge in [-0.2, -0.15) is 5.10 Å². The molecular weight excluding hydrogens is 312 g/mol. The first-order chi connectivity index (χ1) is 12.2. The Morgan fingerprint density at radius 2 is 1.96 bits per heavy atom. The number of para-hydroxylation sites is 1. The summed E-state index contributed by atoms with van der Waals surface area (Å²) in [5, 5.41) is 7.37. The average molecular weight is 334 g/mol. The molecular formula is C20H22N4O. The number of hydrogen-bond donors (Lipinski definition) is 1. The van der Waals surface area contributed by atoms with Crippen molar-refractivity contribution >= 4 is 5.91 Å².